The monoisotopic (exact) mass is 246 g/mol. The first-order valence-corrected chi connectivity index (χ1v) is 5.08. The molecule has 0 unspecified atom stereocenters. The molecule has 92 valence electrons. The molecule has 6 nitrogen and oxygen atoms in total. The van der Waals surface area contributed by atoms with Crippen LogP contribution < -0.4 is 15.5 Å². The number of nitrogens with two attached hydrogens (primary N) is 1. The molecule has 0 aromatic heterocycles. The molecule has 0 saturated heterocycles. The molecule has 0 aliphatic carbocycles. The maximum Gasteiger partial charge on any atom is 0.269 e. The average molecular weight is 246 g/mol. The van der Waals surface area contributed by atoms with Crippen molar-refractivity contribution in [3.05, 3.63) is 58.6 Å². The predicted molar refractivity (Wildman–Crippen MR) is 64.4 cm³/mol. The van der Waals surface area contributed by atoms with E-state index in [0.717, 1.165) is 0 Å². The van der Waals surface area contributed by atoms with Gasteiger partial charge in [-0.1, -0.05) is 0 Å². The highest BCUT2D eigenvalue weighted by molar-refractivity contribution is 5.39. The topological polar surface area (TPSA) is 87.6 Å². The molecule has 0 aliphatic heterocycles. The Morgan fingerprint density at radius 3 is 1.78 bits per heavy atom. The van der Waals surface area contributed by atoms with Gasteiger partial charge >= 0.3 is 0 Å². The van der Waals surface area contributed by atoms with Gasteiger partial charge < -0.3 is 9.57 Å². The number of nitro benzene ring substituents is 1. The van der Waals surface area contributed by atoms with E-state index in [1.54, 1.807) is 24.3 Å². The summed E-state index contributed by atoms with van der Waals surface area (Å²) < 4.78 is 5.49. The van der Waals surface area contributed by atoms with Crippen LogP contribution in [0.15, 0.2) is 48.5 Å². The molecular weight excluding hydrogens is 236 g/mol. The zero-order chi connectivity index (χ0) is 13.0. The van der Waals surface area contributed by atoms with Crippen molar-refractivity contribution in [2.24, 2.45) is 5.90 Å². The lowest BCUT2D eigenvalue weighted by Crippen LogP contribution is -2.01. The van der Waals surface area contributed by atoms with E-state index in [1.165, 1.54) is 24.3 Å². The Morgan fingerprint density at radius 2 is 1.33 bits per heavy atom. The lowest BCUT2D eigenvalue weighted by atomic mass is 10.3. The third-order valence-corrected chi connectivity index (χ3v) is 2.24. The summed E-state index contributed by atoms with van der Waals surface area (Å²) in [5.74, 6) is 6.62. The van der Waals surface area contributed by atoms with Crippen LogP contribution in [0.2, 0.25) is 0 Å². The molecule has 2 N–H and O–H groups in total. The van der Waals surface area contributed by atoms with Gasteiger partial charge in [-0.05, 0) is 36.4 Å². The molecular formula is C12H10N2O4. The second-order valence-corrected chi connectivity index (χ2v) is 3.44. The molecule has 2 aromatic carbocycles. The summed E-state index contributed by atoms with van der Waals surface area (Å²) in [6, 6.07) is 12.5. The van der Waals surface area contributed by atoms with Gasteiger partial charge in [-0.25, -0.2) is 0 Å². The van der Waals surface area contributed by atoms with Crippen LogP contribution in [0.4, 0.5) is 5.69 Å². The fraction of sp³-hybridized carbons (Fsp3) is 0. The summed E-state index contributed by atoms with van der Waals surface area (Å²) in [6.07, 6.45) is 0. The Hall–Kier alpha value is -2.60. The van der Waals surface area contributed by atoms with Gasteiger partial charge in [0.15, 0.2) is 0 Å². The first-order chi connectivity index (χ1) is 8.69. The lowest BCUT2D eigenvalue weighted by Gasteiger charge is -2.05. The number of non-ortho nitro benzene ring substituents is 1. The molecule has 0 aliphatic rings. The van der Waals surface area contributed by atoms with Gasteiger partial charge in [0, 0.05) is 12.1 Å². The van der Waals surface area contributed by atoms with Crippen LogP contribution in [0.25, 0.3) is 0 Å². The highest BCUT2D eigenvalue weighted by atomic mass is 16.6. The second-order valence-electron chi connectivity index (χ2n) is 3.44. The third-order valence-electron chi connectivity index (χ3n) is 2.24. The number of benzene rings is 2. The van der Waals surface area contributed by atoms with Crippen molar-refractivity contribution in [3.8, 4) is 17.2 Å². The average Bonchev–Trinajstić information content (AvgIpc) is 2.40. The zero-order valence-corrected chi connectivity index (χ0v) is 9.28. The zero-order valence-electron chi connectivity index (χ0n) is 9.28. The van der Waals surface area contributed by atoms with Gasteiger partial charge in [0.05, 0.1) is 4.92 Å². The number of nitrogens with zero attached hydrogens (tertiary/aromatic N) is 1. The Balaban J connectivity index is 2.10. The molecule has 2 aromatic rings. The molecule has 0 amide bonds. The van der Waals surface area contributed by atoms with Crippen LogP contribution in [0.3, 0.4) is 0 Å². The Bertz CT molecular complexity index is 537. The Labute approximate surface area is 103 Å². The molecule has 0 spiro atoms. The van der Waals surface area contributed by atoms with Crippen molar-refractivity contribution in [2.45, 2.75) is 0 Å². The molecule has 0 heterocycles. The van der Waals surface area contributed by atoms with E-state index >= 15 is 0 Å². The van der Waals surface area contributed by atoms with Crippen LogP contribution in [-0.4, -0.2) is 4.92 Å². The van der Waals surface area contributed by atoms with Gasteiger partial charge in [0.2, 0.25) is 0 Å². The van der Waals surface area contributed by atoms with Gasteiger partial charge in [0.1, 0.15) is 17.2 Å². The van der Waals surface area contributed by atoms with Gasteiger partial charge in [-0.3, -0.25) is 10.1 Å². The van der Waals surface area contributed by atoms with E-state index in [9.17, 15) is 10.1 Å². The number of hydrogen-bond donors (Lipinski definition) is 1. The first kappa shape index (κ1) is 11.9. The van der Waals surface area contributed by atoms with Crippen molar-refractivity contribution in [1.29, 1.82) is 0 Å². The van der Waals surface area contributed by atoms with E-state index < -0.39 is 4.92 Å². The van der Waals surface area contributed by atoms with Gasteiger partial charge in [-0.2, -0.15) is 5.90 Å². The van der Waals surface area contributed by atoms with E-state index in [2.05, 4.69) is 4.84 Å². The number of ether oxygens (including phenoxy) is 1. The molecule has 0 bridgehead atoms. The first-order valence-electron chi connectivity index (χ1n) is 5.08. The maximum atomic E-state index is 10.5. The van der Waals surface area contributed by atoms with E-state index in [-0.39, 0.29) is 5.69 Å². The van der Waals surface area contributed by atoms with Gasteiger partial charge in [0.25, 0.3) is 5.69 Å². The molecule has 0 saturated carbocycles. The summed E-state index contributed by atoms with van der Waals surface area (Å²) in [4.78, 5) is 14.5. The van der Waals surface area contributed by atoms with E-state index in [4.69, 9.17) is 10.6 Å². The highest BCUT2D eigenvalue weighted by Gasteiger charge is 2.05. The quantitative estimate of drug-likeness (QED) is 0.661. The summed E-state index contributed by atoms with van der Waals surface area (Å²) >= 11 is 0. The third kappa shape index (κ3) is 2.74. The number of rotatable bonds is 4. The van der Waals surface area contributed by atoms with Crippen LogP contribution in [-0.2, 0) is 0 Å². The largest absolute Gasteiger partial charge is 0.457 e. The summed E-state index contributed by atoms with van der Waals surface area (Å²) in [5, 5.41) is 10.5. The van der Waals surface area contributed by atoms with Crippen molar-refractivity contribution in [1.82, 2.24) is 0 Å². The summed E-state index contributed by atoms with van der Waals surface area (Å²) in [6.45, 7) is 0. The Morgan fingerprint density at radius 1 is 0.889 bits per heavy atom. The number of nitro groups is 1. The van der Waals surface area contributed by atoms with Crippen LogP contribution in [0, 0.1) is 10.1 Å². The van der Waals surface area contributed by atoms with Crippen molar-refractivity contribution in [2.75, 3.05) is 0 Å². The molecule has 0 fully saturated rings. The molecule has 0 radical (unpaired) electrons. The molecule has 2 rings (SSSR count). The predicted octanol–water partition coefficient (Wildman–Crippen LogP) is 2.64. The minimum Gasteiger partial charge on any atom is -0.457 e. The molecule has 6 heteroatoms. The SMILES string of the molecule is NOc1ccc(Oc2ccc([N+](=O)[O-])cc2)cc1. The lowest BCUT2D eigenvalue weighted by molar-refractivity contribution is -0.384. The summed E-state index contributed by atoms with van der Waals surface area (Å²) in [7, 11) is 0. The maximum absolute atomic E-state index is 10.5. The van der Waals surface area contributed by atoms with E-state index in [0.29, 0.717) is 17.2 Å². The molecule has 18 heavy (non-hydrogen) atoms. The number of hydrogen-bond acceptors (Lipinski definition) is 5. The standard InChI is InChI=1S/C12H10N2O4/c13-18-12-7-5-11(6-8-12)17-10-3-1-9(2-4-10)14(15)16/h1-8H,13H2. The smallest absolute Gasteiger partial charge is 0.269 e. The fourth-order valence-corrected chi connectivity index (χ4v) is 1.36. The molecule has 0 atom stereocenters. The van der Waals surface area contributed by atoms with Crippen molar-refractivity contribution in [3.63, 3.8) is 0 Å². The van der Waals surface area contributed by atoms with Crippen LogP contribution in [0.5, 0.6) is 17.2 Å². The van der Waals surface area contributed by atoms with Crippen molar-refractivity contribution >= 4 is 5.69 Å². The highest BCUT2D eigenvalue weighted by Crippen LogP contribution is 2.25. The minimum atomic E-state index is -0.461. The van der Waals surface area contributed by atoms with Crippen LogP contribution in [0.1, 0.15) is 0 Å². The van der Waals surface area contributed by atoms with Gasteiger partial charge in [-0.15, -0.1) is 0 Å². The fourth-order valence-electron chi connectivity index (χ4n) is 1.36. The van der Waals surface area contributed by atoms with E-state index in [1.807, 2.05) is 0 Å². The normalized spacial score (nSPS) is 9.83. The van der Waals surface area contributed by atoms with Crippen molar-refractivity contribution < 1.29 is 14.5 Å². The van der Waals surface area contributed by atoms with Crippen LogP contribution >= 0.6 is 0 Å². The minimum absolute atomic E-state index is 0.0224. The Kier molecular flexibility index (Phi) is 3.40. The summed E-state index contributed by atoms with van der Waals surface area (Å²) in [5.41, 5.74) is 0.0224. The second kappa shape index (κ2) is 5.15.